The van der Waals surface area contributed by atoms with Crippen LogP contribution in [0.1, 0.15) is 19.3 Å². The minimum absolute atomic E-state index is 0.0523. The van der Waals surface area contributed by atoms with Gasteiger partial charge in [-0.25, -0.2) is 19.2 Å². The summed E-state index contributed by atoms with van der Waals surface area (Å²) in [5, 5.41) is 2.82. The van der Waals surface area contributed by atoms with E-state index in [4.69, 9.17) is 4.74 Å². The van der Waals surface area contributed by atoms with Gasteiger partial charge in [0.25, 0.3) is 0 Å². The Bertz CT molecular complexity index is 580. The lowest BCUT2D eigenvalue weighted by atomic mass is 9.82. The van der Waals surface area contributed by atoms with Crippen LogP contribution in [0.3, 0.4) is 0 Å². The van der Waals surface area contributed by atoms with Crippen LogP contribution in [-0.2, 0) is 0 Å². The second-order valence-electron chi connectivity index (χ2n) is 6.28. The Hall–Kier alpha value is -2.18. The van der Waals surface area contributed by atoms with Crippen LogP contribution in [0.5, 0.6) is 6.01 Å². The second-order valence-corrected chi connectivity index (χ2v) is 6.28. The number of amides is 2. The molecule has 1 N–H and O–H groups in total. The van der Waals surface area contributed by atoms with Crippen molar-refractivity contribution in [3.63, 3.8) is 0 Å². The van der Waals surface area contributed by atoms with Gasteiger partial charge in [0.1, 0.15) is 0 Å². The van der Waals surface area contributed by atoms with Crippen LogP contribution in [0.15, 0.2) is 25.0 Å². The molecule has 7 heteroatoms. The average molecular weight is 320 g/mol. The highest BCUT2D eigenvalue weighted by Crippen LogP contribution is 2.48. The van der Waals surface area contributed by atoms with Gasteiger partial charge in [-0.3, -0.25) is 0 Å². The largest absolute Gasteiger partial charge is 0.463 e. The van der Waals surface area contributed by atoms with Crippen LogP contribution in [0.25, 0.3) is 0 Å². The van der Waals surface area contributed by atoms with E-state index >= 15 is 0 Å². The van der Waals surface area contributed by atoms with Crippen molar-refractivity contribution in [1.82, 2.24) is 20.2 Å². The molecule has 0 spiro atoms. The van der Waals surface area contributed by atoms with Crippen LogP contribution in [0.4, 0.5) is 9.18 Å². The normalized spacial score (nSPS) is 26.0. The number of fused-ring (bicyclic) bond motifs is 1. The fourth-order valence-electron chi connectivity index (χ4n) is 3.66. The summed E-state index contributed by atoms with van der Waals surface area (Å²) in [6.45, 7) is 5.94. The Morgan fingerprint density at radius 1 is 1.57 bits per heavy atom. The number of ether oxygens (including phenoxy) is 1. The average Bonchev–Trinajstić information content (AvgIpc) is 3.09. The Morgan fingerprint density at radius 2 is 2.35 bits per heavy atom. The maximum Gasteiger partial charge on any atom is 0.317 e. The van der Waals surface area contributed by atoms with Gasteiger partial charge in [-0.2, -0.15) is 0 Å². The SMILES string of the molecule is C=CCNC(=O)N1CC2CCCC2(COc2ncc(F)cn2)C1. The zero-order valence-electron chi connectivity index (χ0n) is 13.0. The zero-order valence-corrected chi connectivity index (χ0v) is 13.0. The van der Waals surface area contributed by atoms with Crippen LogP contribution in [-0.4, -0.2) is 47.1 Å². The number of likely N-dealkylation sites (tertiary alicyclic amines) is 1. The first kappa shape index (κ1) is 15.7. The molecule has 0 aromatic carbocycles. The molecule has 2 aliphatic rings. The summed E-state index contributed by atoms with van der Waals surface area (Å²) in [5.74, 6) is -0.0578. The van der Waals surface area contributed by atoms with E-state index < -0.39 is 5.82 Å². The van der Waals surface area contributed by atoms with Gasteiger partial charge in [0, 0.05) is 25.0 Å². The van der Waals surface area contributed by atoms with Crippen molar-refractivity contribution in [2.24, 2.45) is 11.3 Å². The molecule has 1 aliphatic carbocycles. The van der Waals surface area contributed by atoms with E-state index in [1.54, 1.807) is 6.08 Å². The van der Waals surface area contributed by atoms with Crippen LogP contribution in [0.2, 0.25) is 0 Å². The minimum Gasteiger partial charge on any atom is -0.463 e. The maximum absolute atomic E-state index is 12.8. The predicted octanol–water partition coefficient (Wildman–Crippen LogP) is 1.99. The third kappa shape index (κ3) is 3.28. The minimum atomic E-state index is -0.486. The number of aromatic nitrogens is 2. The highest BCUT2D eigenvalue weighted by molar-refractivity contribution is 5.74. The van der Waals surface area contributed by atoms with E-state index in [0.29, 0.717) is 25.6 Å². The molecule has 0 radical (unpaired) electrons. The third-order valence-corrected chi connectivity index (χ3v) is 4.81. The highest BCUT2D eigenvalue weighted by Gasteiger charge is 2.51. The van der Waals surface area contributed by atoms with Crippen LogP contribution < -0.4 is 10.1 Å². The molecule has 2 unspecified atom stereocenters. The number of hydrogen-bond acceptors (Lipinski definition) is 4. The molecule has 6 nitrogen and oxygen atoms in total. The molecule has 1 aromatic rings. The first-order chi connectivity index (χ1) is 11.1. The standard InChI is InChI=1S/C16H21FN4O2/c1-2-6-18-15(22)21-9-12-4-3-5-16(12,10-21)11-23-14-19-7-13(17)8-20-14/h2,7-8,12H,1,3-6,9-11H2,(H,18,22). The van der Waals surface area contributed by atoms with Crippen molar-refractivity contribution < 1.29 is 13.9 Å². The highest BCUT2D eigenvalue weighted by atomic mass is 19.1. The molecular weight excluding hydrogens is 299 g/mol. The van der Waals surface area contributed by atoms with Gasteiger partial charge in [0.05, 0.1) is 19.0 Å². The zero-order chi connectivity index (χ0) is 16.3. The van der Waals surface area contributed by atoms with E-state index in [1.165, 1.54) is 0 Å². The van der Waals surface area contributed by atoms with Crippen LogP contribution >= 0.6 is 0 Å². The lowest BCUT2D eigenvalue weighted by Crippen LogP contribution is -2.41. The summed E-state index contributed by atoms with van der Waals surface area (Å²) in [7, 11) is 0. The van der Waals surface area contributed by atoms with E-state index in [2.05, 4.69) is 21.9 Å². The summed E-state index contributed by atoms with van der Waals surface area (Å²) < 4.78 is 18.5. The van der Waals surface area contributed by atoms with Crippen molar-refractivity contribution in [2.45, 2.75) is 19.3 Å². The number of carbonyl (C=O) groups excluding carboxylic acids is 1. The first-order valence-electron chi connectivity index (χ1n) is 7.87. The molecule has 1 saturated carbocycles. The summed E-state index contributed by atoms with van der Waals surface area (Å²) in [5.41, 5.74) is -0.0523. The fraction of sp³-hybridized carbons (Fsp3) is 0.562. The Morgan fingerprint density at radius 3 is 3.09 bits per heavy atom. The van der Waals surface area contributed by atoms with Gasteiger partial charge in [0.2, 0.25) is 0 Å². The number of nitrogens with one attached hydrogen (secondary N) is 1. The quantitative estimate of drug-likeness (QED) is 0.843. The molecular formula is C16H21FN4O2. The van der Waals surface area contributed by atoms with Crippen LogP contribution in [0, 0.1) is 17.2 Å². The monoisotopic (exact) mass is 320 g/mol. The first-order valence-corrected chi connectivity index (χ1v) is 7.87. The fourth-order valence-corrected chi connectivity index (χ4v) is 3.66. The molecule has 0 bridgehead atoms. The van der Waals surface area contributed by atoms with Gasteiger partial charge in [0.15, 0.2) is 5.82 Å². The van der Waals surface area contributed by atoms with Gasteiger partial charge in [-0.05, 0) is 18.8 Å². The molecule has 23 heavy (non-hydrogen) atoms. The third-order valence-electron chi connectivity index (χ3n) is 4.81. The smallest absolute Gasteiger partial charge is 0.317 e. The van der Waals surface area contributed by atoms with E-state index in [9.17, 15) is 9.18 Å². The Balaban J connectivity index is 1.63. The van der Waals surface area contributed by atoms with Crippen molar-refractivity contribution in [2.75, 3.05) is 26.2 Å². The lowest BCUT2D eigenvalue weighted by molar-refractivity contribution is 0.122. The number of hydrogen-bond donors (Lipinski definition) is 1. The Labute approximate surface area is 134 Å². The van der Waals surface area contributed by atoms with Gasteiger partial charge >= 0.3 is 12.0 Å². The van der Waals surface area contributed by atoms with E-state index in [0.717, 1.165) is 38.2 Å². The molecule has 3 rings (SSSR count). The topological polar surface area (TPSA) is 67.4 Å². The number of nitrogens with zero attached hydrogens (tertiary/aromatic N) is 3. The summed E-state index contributed by atoms with van der Waals surface area (Å²) >= 11 is 0. The molecule has 2 fully saturated rings. The van der Waals surface area contributed by atoms with E-state index in [-0.39, 0.29) is 17.5 Å². The maximum atomic E-state index is 12.8. The number of rotatable bonds is 5. The van der Waals surface area contributed by atoms with E-state index in [1.807, 2.05) is 4.90 Å². The molecule has 2 heterocycles. The van der Waals surface area contributed by atoms with Gasteiger partial charge < -0.3 is 15.0 Å². The predicted molar refractivity (Wildman–Crippen MR) is 82.4 cm³/mol. The van der Waals surface area contributed by atoms with Crippen molar-refractivity contribution >= 4 is 6.03 Å². The molecule has 2 atom stereocenters. The Kier molecular flexibility index (Phi) is 4.45. The summed E-state index contributed by atoms with van der Waals surface area (Å²) in [6, 6.07) is 0.123. The second kappa shape index (κ2) is 6.52. The molecule has 1 aliphatic heterocycles. The van der Waals surface area contributed by atoms with Gasteiger partial charge in [-0.1, -0.05) is 12.5 Å². The molecule has 124 valence electrons. The van der Waals surface area contributed by atoms with Crippen molar-refractivity contribution in [1.29, 1.82) is 0 Å². The van der Waals surface area contributed by atoms with Gasteiger partial charge in [-0.15, -0.1) is 6.58 Å². The number of urea groups is 1. The van der Waals surface area contributed by atoms with Crippen molar-refractivity contribution in [3.8, 4) is 6.01 Å². The number of halogens is 1. The lowest BCUT2D eigenvalue weighted by Gasteiger charge is -2.28. The molecule has 1 saturated heterocycles. The molecule has 1 aromatic heterocycles. The van der Waals surface area contributed by atoms with Crippen molar-refractivity contribution in [3.05, 3.63) is 30.9 Å². The number of carbonyl (C=O) groups is 1. The molecule has 2 amide bonds. The summed E-state index contributed by atoms with van der Waals surface area (Å²) in [6.07, 6.45) is 7.11. The summed E-state index contributed by atoms with van der Waals surface area (Å²) in [4.78, 5) is 21.7.